The minimum Gasteiger partial charge on any atom is -0.478 e. The molecule has 26 heavy (non-hydrogen) atoms. The Labute approximate surface area is 150 Å². The van der Waals surface area contributed by atoms with E-state index in [0.717, 1.165) is 18.2 Å². The van der Waals surface area contributed by atoms with Gasteiger partial charge in [0.25, 0.3) is 0 Å². The van der Waals surface area contributed by atoms with Crippen molar-refractivity contribution in [3.8, 4) is 0 Å². The highest BCUT2D eigenvalue weighted by atomic mass is 19.4. The number of carboxylic acids is 1. The van der Waals surface area contributed by atoms with Gasteiger partial charge >= 0.3 is 19.3 Å². The van der Waals surface area contributed by atoms with Crippen LogP contribution >= 0.6 is 0 Å². The molecule has 8 heteroatoms. The first-order valence-electron chi connectivity index (χ1n) is 7.98. The molecule has 1 aliphatic rings. The highest BCUT2D eigenvalue weighted by Gasteiger charge is 2.52. The van der Waals surface area contributed by atoms with Crippen LogP contribution in [0.5, 0.6) is 0 Å². The van der Waals surface area contributed by atoms with E-state index in [1.165, 1.54) is 24.3 Å². The summed E-state index contributed by atoms with van der Waals surface area (Å²) in [6.45, 7) is 7.41. The third-order valence-corrected chi connectivity index (χ3v) is 4.57. The number of allylic oxidation sites excluding steroid dienone is 2. The summed E-state index contributed by atoms with van der Waals surface area (Å²) in [5.74, 6) is -1.14. The number of carboxylic acid groups (broad SMARTS) is 1. The van der Waals surface area contributed by atoms with E-state index in [4.69, 9.17) is 14.4 Å². The second kappa shape index (κ2) is 6.93. The standard InChI is InChI=1S/C18H20BF3O4/c1-16(2)17(3,4)26-19(25-16)14(6-5-7-15(23)24)12-8-10-13(11-9-12)18(20,21)22/h5-11H,1-4H3,(H,23,24)/b7-5+,14-6+. The van der Waals surface area contributed by atoms with Crippen molar-refractivity contribution in [1.29, 1.82) is 0 Å². The van der Waals surface area contributed by atoms with Crippen molar-refractivity contribution in [2.24, 2.45) is 0 Å². The van der Waals surface area contributed by atoms with Crippen LogP contribution in [0.2, 0.25) is 0 Å². The lowest BCUT2D eigenvalue weighted by molar-refractivity contribution is -0.137. The summed E-state index contributed by atoms with van der Waals surface area (Å²) in [5.41, 5.74) is -1.16. The van der Waals surface area contributed by atoms with Gasteiger partial charge in [0.1, 0.15) is 0 Å². The molecule has 1 heterocycles. The second-order valence-corrected chi connectivity index (χ2v) is 6.98. The van der Waals surface area contributed by atoms with E-state index in [9.17, 15) is 18.0 Å². The van der Waals surface area contributed by atoms with E-state index in [1.807, 2.05) is 27.7 Å². The van der Waals surface area contributed by atoms with Gasteiger partial charge in [0, 0.05) is 6.08 Å². The zero-order chi connectivity index (χ0) is 19.8. The Kier molecular flexibility index (Phi) is 5.40. The molecule has 0 radical (unpaired) electrons. The maximum absolute atomic E-state index is 12.8. The molecule has 140 valence electrons. The van der Waals surface area contributed by atoms with Gasteiger partial charge in [-0.3, -0.25) is 0 Å². The van der Waals surface area contributed by atoms with Crippen molar-refractivity contribution < 1.29 is 32.4 Å². The fourth-order valence-electron chi connectivity index (χ4n) is 2.37. The van der Waals surface area contributed by atoms with E-state index in [-0.39, 0.29) is 0 Å². The predicted octanol–water partition coefficient (Wildman–Crippen LogP) is 4.36. The van der Waals surface area contributed by atoms with Gasteiger partial charge in [-0.05, 0) is 50.9 Å². The Bertz CT molecular complexity index is 718. The number of carbonyl (C=O) groups is 1. The van der Waals surface area contributed by atoms with Gasteiger partial charge in [-0.1, -0.05) is 24.3 Å². The highest BCUT2D eigenvalue weighted by Crippen LogP contribution is 2.41. The lowest BCUT2D eigenvalue weighted by Gasteiger charge is -2.32. The van der Waals surface area contributed by atoms with Crippen LogP contribution < -0.4 is 0 Å². The Balaban J connectivity index is 2.41. The molecule has 0 amide bonds. The summed E-state index contributed by atoms with van der Waals surface area (Å²) in [5, 5.41) is 8.75. The van der Waals surface area contributed by atoms with Crippen LogP contribution in [0.1, 0.15) is 38.8 Å². The lowest BCUT2D eigenvalue weighted by atomic mass is 9.73. The molecule has 0 unspecified atom stereocenters. The molecule has 0 spiro atoms. The van der Waals surface area contributed by atoms with Crippen molar-refractivity contribution in [3.63, 3.8) is 0 Å². The number of hydrogen-bond donors (Lipinski definition) is 1. The van der Waals surface area contributed by atoms with E-state index < -0.39 is 36.0 Å². The van der Waals surface area contributed by atoms with Crippen LogP contribution in [-0.2, 0) is 20.3 Å². The number of aliphatic carboxylic acids is 1. The third kappa shape index (κ3) is 4.37. The average Bonchev–Trinajstić information content (AvgIpc) is 2.70. The molecule has 0 bridgehead atoms. The summed E-state index contributed by atoms with van der Waals surface area (Å²) >= 11 is 0. The Morgan fingerprint density at radius 1 is 1.08 bits per heavy atom. The van der Waals surface area contributed by atoms with E-state index in [2.05, 4.69) is 0 Å². The largest absolute Gasteiger partial charge is 0.495 e. The maximum atomic E-state index is 12.8. The Hall–Kier alpha value is -2.06. The fourth-order valence-corrected chi connectivity index (χ4v) is 2.37. The van der Waals surface area contributed by atoms with E-state index in [1.54, 1.807) is 0 Å². The molecule has 4 nitrogen and oxygen atoms in total. The minimum atomic E-state index is -4.43. The third-order valence-electron chi connectivity index (χ3n) is 4.57. The zero-order valence-electron chi connectivity index (χ0n) is 14.9. The van der Waals surface area contributed by atoms with Crippen LogP contribution in [0, 0.1) is 0 Å². The number of hydrogen-bond acceptors (Lipinski definition) is 3. The first-order valence-corrected chi connectivity index (χ1v) is 7.98. The molecule has 0 aromatic heterocycles. The molecule has 1 aliphatic heterocycles. The van der Waals surface area contributed by atoms with Gasteiger partial charge in [-0.25, -0.2) is 4.79 Å². The van der Waals surface area contributed by atoms with Crippen molar-refractivity contribution >= 4 is 18.6 Å². The fraction of sp³-hybridized carbons (Fsp3) is 0.389. The Morgan fingerprint density at radius 3 is 2.00 bits per heavy atom. The van der Waals surface area contributed by atoms with Gasteiger partial charge < -0.3 is 14.4 Å². The quantitative estimate of drug-likeness (QED) is 0.488. The summed E-state index contributed by atoms with van der Waals surface area (Å²) in [7, 11) is -0.838. The van der Waals surface area contributed by atoms with Gasteiger partial charge in [-0.15, -0.1) is 0 Å². The first kappa shape index (κ1) is 20.3. The minimum absolute atomic E-state index is 0.440. The predicted molar refractivity (Wildman–Crippen MR) is 92.3 cm³/mol. The number of alkyl halides is 3. The molecule has 0 atom stereocenters. The molecule has 1 fully saturated rings. The summed E-state index contributed by atoms with van der Waals surface area (Å²) in [6, 6.07) is 4.56. The highest BCUT2D eigenvalue weighted by molar-refractivity contribution is 6.69. The molecule has 0 saturated carbocycles. The molecule has 2 rings (SSSR count). The van der Waals surface area contributed by atoms with Crippen molar-refractivity contribution in [2.75, 3.05) is 0 Å². The molecule has 1 saturated heterocycles. The van der Waals surface area contributed by atoms with E-state index in [0.29, 0.717) is 11.0 Å². The van der Waals surface area contributed by atoms with Crippen LogP contribution in [0.4, 0.5) is 13.2 Å². The molecular formula is C18H20BF3O4. The van der Waals surface area contributed by atoms with Crippen molar-refractivity contribution in [3.05, 3.63) is 53.6 Å². The molecule has 1 N–H and O–H groups in total. The SMILES string of the molecule is CC1(C)OB(/C(=C/C=C/C(=O)O)c2ccc(C(F)(F)F)cc2)OC1(C)C. The maximum Gasteiger partial charge on any atom is 0.495 e. The number of halogens is 3. The number of benzene rings is 1. The lowest BCUT2D eigenvalue weighted by Crippen LogP contribution is -2.41. The van der Waals surface area contributed by atoms with Crippen LogP contribution in [0.25, 0.3) is 5.47 Å². The Morgan fingerprint density at radius 2 is 1.58 bits per heavy atom. The van der Waals surface area contributed by atoms with Gasteiger partial charge in [0.05, 0.1) is 16.8 Å². The second-order valence-electron chi connectivity index (χ2n) is 6.98. The zero-order valence-corrected chi connectivity index (χ0v) is 14.9. The van der Waals surface area contributed by atoms with E-state index >= 15 is 0 Å². The van der Waals surface area contributed by atoms with Crippen molar-refractivity contribution in [1.82, 2.24) is 0 Å². The van der Waals surface area contributed by atoms with Crippen LogP contribution in [0.3, 0.4) is 0 Å². The molecule has 1 aromatic rings. The molecule has 0 aliphatic carbocycles. The number of rotatable bonds is 4. The normalized spacial score (nSPS) is 20.0. The molecular weight excluding hydrogens is 348 g/mol. The van der Waals surface area contributed by atoms with Crippen LogP contribution in [0.15, 0.2) is 42.5 Å². The summed E-state index contributed by atoms with van der Waals surface area (Å²) < 4.78 is 50.2. The summed E-state index contributed by atoms with van der Waals surface area (Å²) in [4.78, 5) is 10.7. The van der Waals surface area contributed by atoms with Crippen molar-refractivity contribution in [2.45, 2.75) is 45.1 Å². The first-order chi connectivity index (χ1) is 11.8. The van der Waals surface area contributed by atoms with Gasteiger partial charge in [0.2, 0.25) is 0 Å². The van der Waals surface area contributed by atoms with Crippen LogP contribution in [-0.4, -0.2) is 29.4 Å². The topological polar surface area (TPSA) is 55.8 Å². The van der Waals surface area contributed by atoms with Gasteiger partial charge in [-0.2, -0.15) is 13.2 Å². The average molecular weight is 368 g/mol. The van der Waals surface area contributed by atoms with Gasteiger partial charge in [0.15, 0.2) is 0 Å². The summed E-state index contributed by atoms with van der Waals surface area (Å²) in [6.07, 6.45) is -0.746. The monoisotopic (exact) mass is 368 g/mol. The smallest absolute Gasteiger partial charge is 0.478 e. The molecule has 1 aromatic carbocycles.